The third kappa shape index (κ3) is 4.03. The summed E-state index contributed by atoms with van der Waals surface area (Å²) in [5.74, 6) is 0.963. The number of nitro groups is 1. The Kier molecular flexibility index (Phi) is 5.00. The van der Waals surface area contributed by atoms with Gasteiger partial charge in [-0.2, -0.15) is 0 Å². The summed E-state index contributed by atoms with van der Waals surface area (Å²) in [4.78, 5) is 14.1. The van der Waals surface area contributed by atoms with Crippen LogP contribution in [0.3, 0.4) is 0 Å². The third-order valence-electron chi connectivity index (χ3n) is 1.76. The molecule has 2 N–H and O–H groups in total. The maximum Gasteiger partial charge on any atom is 0.275 e. The van der Waals surface area contributed by atoms with E-state index < -0.39 is 4.92 Å². The molecule has 0 atom stereocenters. The Morgan fingerprint density at radius 1 is 1.62 bits per heavy atom. The summed E-state index contributed by atoms with van der Waals surface area (Å²) in [7, 11) is 1.63. The van der Waals surface area contributed by atoms with E-state index in [1.807, 2.05) is 0 Å². The van der Waals surface area contributed by atoms with Crippen LogP contribution in [0.5, 0.6) is 0 Å². The molecule has 0 aliphatic heterocycles. The van der Waals surface area contributed by atoms with Crippen molar-refractivity contribution in [2.75, 3.05) is 25.2 Å². The van der Waals surface area contributed by atoms with Gasteiger partial charge in [-0.15, -0.1) is 11.8 Å². The zero-order valence-electron chi connectivity index (χ0n) is 8.88. The molecule has 0 aromatic carbocycles. The second-order valence-electron chi connectivity index (χ2n) is 3.04. The van der Waals surface area contributed by atoms with Gasteiger partial charge >= 0.3 is 0 Å². The lowest BCUT2D eigenvalue weighted by Gasteiger charge is -2.02. The van der Waals surface area contributed by atoms with E-state index in [0.29, 0.717) is 11.6 Å². The zero-order chi connectivity index (χ0) is 12.0. The molecule has 0 unspecified atom stereocenters. The Morgan fingerprint density at radius 3 is 3.00 bits per heavy atom. The molecule has 6 nitrogen and oxygen atoms in total. The molecule has 0 fully saturated rings. The van der Waals surface area contributed by atoms with E-state index in [-0.39, 0.29) is 11.5 Å². The van der Waals surface area contributed by atoms with Crippen molar-refractivity contribution in [2.45, 2.75) is 11.4 Å². The highest BCUT2D eigenvalue weighted by Gasteiger charge is 2.09. The minimum absolute atomic E-state index is 0.0262. The molecule has 0 aliphatic rings. The quantitative estimate of drug-likeness (QED) is 0.354. The first-order valence-corrected chi connectivity index (χ1v) is 5.65. The van der Waals surface area contributed by atoms with Crippen LogP contribution in [0.15, 0.2) is 17.2 Å². The second-order valence-corrected chi connectivity index (χ2v) is 4.16. The molecular formula is C9H13N3O3S. The molecule has 0 radical (unpaired) electrons. The predicted octanol–water partition coefficient (Wildman–Crippen LogP) is 1.70. The van der Waals surface area contributed by atoms with Crippen molar-refractivity contribution in [2.24, 2.45) is 0 Å². The average molecular weight is 243 g/mol. The number of anilines is 1. The van der Waals surface area contributed by atoms with Gasteiger partial charge < -0.3 is 10.5 Å². The summed E-state index contributed by atoms with van der Waals surface area (Å²) in [6.07, 6.45) is 0.867. The van der Waals surface area contributed by atoms with Gasteiger partial charge in [-0.1, -0.05) is 0 Å². The highest BCUT2D eigenvalue weighted by molar-refractivity contribution is 7.99. The Morgan fingerprint density at radius 2 is 2.38 bits per heavy atom. The topological polar surface area (TPSA) is 91.3 Å². The molecule has 0 saturated carbocycles. The number of hydrogen-bond donors (Lipinski definition) is 1. The lowest BCUT2D eigenvalue weighted by Crippen LogP contribution is -1.97. The molecule has 1 heterocycles. The highest BCUT2D eigenvalue weighted by Crippen LogP contribution is 2.23. The molecule has 0 amide bonds. The van der Waals surface area contributed by atoms with Crippen LogP contribution in [-0.4, -0.2) is 29.4 Å². The number of hydrogen-bond acceptors (Lipinski definition) is 6. The summed E-state index contributed by atoms with van der Waals surface area (Å²) in [5.41, 5.74) is 5.45. The van der Waals surface area contributed by atoms with Crippen molar-refractivity contribution < 1.29 is 9.66 Å². The van der Waals surface area contributed by atoms with Crippen LogP contribution in [0, 0.1) is 10.1 Å². The zero-order valence-corrected chi connectivity index (χ0v) is 9.70. The van der Waals surface area contributed by atoms with Gasteiger partial charge in [-0.3, -0.25) is 10.1 Å². The van der Waals surface area contributed by atoms with Gasteiger partial charge in [0.1, 0.15) is 10.8 Å². The standard InChI is InChI=1S/C9H13N3O3S/c1-15-3-2-4-16-9-6-7(12(13)14)5-8(10)11-9/h5-6H,2-4H2,1H3,(H2,10,11). The average Bonchev–Trinajstić information content (AvgIpc) is 2.23. The fourth-order valence-electron chi connectivity index (χ4n) is 1.07. The molecule has 1 rings (SSSR count). The van der Waals surface area contributed by atoms with E-state index in [0.717, 1.165) is 12.2 Å². The summed E-state index contributed by atoms with van der Waals surface area (Å²) in [6, 6.07) is 2.67. The van der Waals surface area contributed by atoms with Crippen molar-refractivity contribution in [3.63, 3.8) is 0 Å². The molecule has 88 valence electrons. The molecule has 0 aliphatic carbocycles. The largest absolute Gasteiger partial charge is 0.385 e. The monoisotopic (exact) mass is 243 g/mol. The van der Waals surface area contributed by atoms with Gasteiger partial charge in [-0.25, -0.2) is 4.98 Å². The number of rotatable bonds is 6. The van der Waals surface area contributed by atoms with Gasteiger partial charge in [0, 0.05) is 25.5 Å². The SMILES string of the molecule is COCCCSc1cc([N+](=O)[O-])cc(N)n1. The van der Waals surface area contributed by atoms with Crippen molar-refractivity contribution >= 4 is 23.3 Å². The number of pyridine rings is 1. The van der Waals surface area contributed by atoms with E-state index in [1.165, 1.54) is 23.9 Å². The van der Waals surface area contributed by atoms with Crippen molar-refractivity contribution in [3.05, 3.63) is 22.2 Å². The summed E-state index contributed by atoms with van der Waals surface area (Å²) in [5, 5.41) is 11.1. The fourth-order valence-corrected chi connectivity index (χ4v) is 1.92. The number of ether oxygens (including phenoxy) is 1. The molecule has 1 aromatic heterocycles. The normalized spacial score (nSPS) is 10.3. The van der Waals surface area contributed by atoms with E-state index in [2.05, 4.69) is 4.98 Å². The van der Waals surface area contributed by atoms with Crippen LogP contribution in [0.1, 0.15) is 6.42 Å². The number of nitrogens with two attached hydrogens (primary N) is 1. The lowest BCUT2D eigenvalue weighted by atomic mass is 10.4. The number of methoxy groups -OCH3 is 1. The first-order valence-electron chi connectivity index (χ1n) is 4.67. The van der Waals surface area contributed by atoms with Gasteiger partial charge in [0.15, 0.2) is 0 Å². The van der Waals surface area contributed by atoms with Crippen molar-refractivity contribution in [1.82, 2.24) is 4.98 Å². The maximum atomic E-state index is 10.6. The molecule has 0 spiro atoms. The third-order valence-corrected chi connectivity index (χ3v) is 2.76. The minimum Gasteiger partial charge on any atom is -0.385 e. The molecule has 1 aromatic rings. The molecular weight excluding hydrogens is 230 g/mol. The Labute approximate surface area is 97.3 Å². The minimum atomic E-state index is -0.475. The van der Waals surface area contributed by atoms with Crippen LogP contribution < -0.4 is 5.73 Å². The molecule has 0 bridgehead atoms. The smallest absolute Gasteiger partial charge is 0.275 e. The summed E-state index contributed by atoms with van der Waals surface area (Å²) < 4.78 is 4.90. The highest BCUT2D eigenvalue weighted by atomic mass is 32.2. The Balaban J connectivity index is 2.62. The van der Waals surface area contributed by atoms with Gasteiger partial charge in [0.25, 0.3) is 5.69 Å². The fraction of sp³-hybridized carbons (Fsp3) is 0.444. The predicted molar refractivity (Wildman–Crippen MR) is 62.5 cm³/mol. The Hall–Kier alpha value is -1.34. The molecule has 16 heavy (non-hydrogen) atoms. The number of thioether (sulfide) groups is 1. The van der Waals surface area contributed by atoms with Crippen molar-refractivity contribution in [1.29, 1.82) is 0 Å². The number of nitrogen functional groups attached to an aromatic ring is 1. The van der Waals surface area contributed by atoms with Gasteiger partial charge in [-0.05, 0) is 6.42 Å². The van der Waals surface area contributed by atoms with Crippen LogP contribution in [0.2, 0.25) is 0 Å². The molecule has 0 saturated heterocycles. The summed E-state index contributed by atoms with van der Waals surface area (Å²) in [6.45, 7) is 0.664. The van der Waals surface area contributed by atoms with Crippen LogP contribution in [0.4, 0.5) is 11.5 Å². The Bertz CT molecular complexity index is 373. The van der Waals surface area contributed by atoms with Crippen LogP contribution >= 0.6 is 11.8 Å². The number of nitrogens with zero attached hydrogens (tertiary/aromatic N) is 2. The van der Waals surface area contributed by atoms with Gasteiger partial charge in [0.2, 0.25) is 0 Å². The molecule has 7 heteroatoms. The lowest BCUT2D eigenvalue weighted by molar-refractivity contribution is -0.385. The first-order chi connectivity index (χ1) is 7.63. The van der Waals surface area contributed by atoms with Crippen LogP contribution in [0.25, 0.3) is 0 Å². The van der Waals surface area contributed by atoms with Crippen molar-refractivity contribution in [3.8, 4) is 0 Å². The summed E-state index contributed by atoms with van der Waals surface area (Å²) >= 11 is 1.43. The number of aromatic nitrogens is 1. The van der Waals surface area contributed by atoms with Crippen LogP contribution in [-0.2, 0) is 4.74 Å². The first kappa shape index (κ1) is 12.7. The maximum absolute atomic E-state index is 10.6. The van der Waals surface area contributed by atoms with E-state index in [1.54, 1.807) is 7.11 Å². The van der Waals surface area contributed by atoms with E-state index in [4.69, 9.17) is 10.5 Å². The second kappa shape index (κ2) is 6.29. The van der Waals surface area contributed by atoms with E-state index in [9.17, 15) is 10.1 Å². The van der Waals surface area contributed by atoms with Gasteiger partial charge in [0.05, 0.1) is 11.0 Å². The van der Waals surface area contributed by atoms with E-state index >= 15 is 0 Å².